The monoisotopic (exact) mass is 350 g/mol. The number of hydrogen-bond acceptors (Lipinski definition) is 5. The molecule has 4 nitrogen and oxygen atoms in total. The highest BCUT2D eigenvalue weighted by molar-refractivity contribution is 7.99. The number of rotatable bonds is 6. The van der Waals surface area contributed by atoms with Gasteiger partial charge in [-0.25, -0.2) is 4.98 Å². The van der Waals surface area contributed by atoms with E-state index in [9.17, 15) is 4.79 Å². The molecule has 0 aliphatic heterocycles. The first-order valence-corrected chi connectivity index (χ1v) is 10.2. The van der Waals surface area contributed by atoms with E-state index in [1.54, 1.807) is 29.4 Å². The second kappa shape index (κ2) is 8.55. The maximum Gasteiger partial charge on any atom is 0.230 e. The van der Waals surface area contributed by atoms with E-state index >= 15 is 0 Å². The Morgan fingerprint density at radius 1 is 1.35 bits per heavy atom. The molecule has 2 heterocycles. The van der Waals surface area contributed by atoms with Crippen molar-refractivity contribution in [1.29, 1.82) is 0 Å². The second-order valence-electron chi connectivity index (χ2n) is 5.87. The Kier molecular flexibility index (Phi) is 6.16. The molecule has 0 atom stereocenters. The molecular weight excluding hydrogens is 328 g/mol. The number of nitrogens with zero attached hydrogens (tertiary/aromatic N) is 1. The summed E-state index contributed by atoms with van der Waals surface area (Å²) < 4.78 is 5.35. The van der Waals surface area contributed by atoms with Crippen LogP contribution in [0.1, 0.15) is 44.2 Å². The lowest BCUT2D eigenvalue weighted by atomic mass is 10.1. The molecule has 1 N–H and O–H groups in total. The summed E-state index contributed by atoms with van der Waals surface area (Å²) in [6, 6.07) is 4.16. The van der Waals surface area contributed by atoms with Gasteiger partial charge in [-0.3, -0.25) is 4.79 Å². The van der Waals surface area contributed by atoms with Gasteiger partial charge in [0.25, 0.3) is 0 Å². The first kappa shape index (κ1) is 16.6. The van der Waals surface area contributed by atoms with Crippen LogP contribution in [0.3, 0.4) is 0 Å². The zero-order chi connectivity index (χ0) is 15.9. The second-order valence-corrected chi connectivity index (χ2v) is 7.71. The quantitative estimate of drug-likeness (QED) is 0.781. The van der Waals surface area contributed by atoms with Gasteiger partial charge in [-0.2, -0.15) is 0 Å². The van der Waals surface area contributed by atoms with Crippen LogP contribution in [0.5, 0.6) is 0 Å². The summed E-state index contributed by atoms with van der Waals surface area (Å²) in [6.07, 6.45) is 9.03. The minimum absolute atomic E-state index is 0.156. The summed E-state index contributed by atoms with van der Waals surface area (Å²) >= 11 is 3.20. The van der Waals surface area contributed by atoms with E-state index in [1.807, 2.05) is 17.5 Å². The number of carbonyl (C=O) groups excluding carboxylic acids is 1. The standard InChI is InChI=1S/C17H22N2O2S2/c20-16(18-13-6-3-1-2-4-7-13)12-22-10-14-11-23-17(19-14)15-8-5-9-21-15/h5,8-9,11,13H,1-4,6-7,10,12H2,(H,18,20). The van der Waals surface area contributed by atoms with Crippen LogP contribution in [0, 0.1) is 0 Å². The van der Waals surface area contributed by atoms with Crippen molar-refractivity contribution >= 4 is 29.0 Å². The van der Waals surface area contributed by atoms with Crippen molar-refractivity contribution in [3.63, 3.8) is 0 Å². The van der Waals surface area contributed by atoms with Crippen LogP contribution in [-0.4, -0.2) is 22.7 Å². The number of furan rings is 1. The Bertz CT molecular complexity index is 602. The molecule has 0 radical (unpaired) electrons. The predicted molar refractivity (Wildman–Crippen MR) is 95.6 cm³/mol. The number of hydrogen-bond donors (Lipinski definition) is 1. The molecule has 2 aromatic heterocycles. The number of nitrogens with one attached hydrogen (secondary N) is 1. The molecule has 3 rings (SSSR count). The van der Waals surface area contributed by atoms with E-state index < -0.39 is 0 Å². The maximum absolute atomic E-state index is 12.0. The molecule has 0 spiro atoms. The molecule has 23 heavy (non-hydrogen) atoms. The highest BCUT2D eigenvalue weighted by atomic mass is 32.2. The molecule has 0 saturated heterocycles. The van der Waals surface area contributed by atoms with Crippen LogP contribution < -0.4 is 5.32 Å². The highest BCUT2D eigenvalue weighted by Crippen LogP contribution is 2.25. The predicted octanol–water partition coefficient (Wildman–Crippen LogP) is 4.48. The molecule has 1 amide bonds. The van der Waals surface area contributed by atoms with Gasteiger partial charge in [-0.1, -0.05) is 25.7 Å². The molecule has 6 heteroatoms. The molecule has 0 aromatic carbocycles. The summed E-state index contributed by atoms with van der Waals surface area (Å²) in [7, 11) is 0. The van der Waals surface area contributed by atoms with Gasteiger partial charge in [0, 0.05) is 17.2 Å². The van der Waals surface area contributed by atoms with Gasteiger partial charge in [-0.05, 0) is 25.0 Å². The Labute approximate surface area is 145 Å². The van der Waals surface area contributed by atoms with Crippen LogP contribution >= 0.6 is 23.1 Å². The molecule has 1 fully saturated rings. The largest absolute Gasteiger partial charge is 0.462 e. The minimum atomic E-state index is 0.156. The average molecular weight is 351 g/mol. The topological polar surface area (TPSA) is 55.1 Å². The van der Waals surface area contributed by atoms with Gasteiger partial charge in [-0.15, -0.1) is 23.1 Å². The fraction of sp³-hybridized carbons (Fsp3) is 0.529. The van der Waals surface area contributed by atoms with Crippen LogP contribution in [0.4, 0.5) is 0 Å². The number of thioether (sulfide) groups is 1. The molecule has 1 aliphatic rings. The van der Waals surface area contributed by atoms with Crippen molar-refractivity contribution < 1.29 is 9.21 Å². The lowest BCUT2D eigenvalue weighted by molar-refractivity contribution is -0.119. The van der Waals surface area contributed by atoms with E-state index in [4.69, 9.17) is 4.42 Å². The number of aromatic nitrogens is 1. The molecule has 124 valence electrons. The summed E-state index contributed by atoms with van der Waals surface area (Å²) in [5, 5.41) is 6.11. The van der Waals surface area contributed by atoms with Crippen molar-refractivity contribution in [2.45, 2.75) is 50.3 Å². The number of carbonyl (C=O) groups is 1. The van der Waals surface area contributed by atoms with Crippen molar-refractivity contribution in [2.24, 2.45) is 0 Å². The van der Waals surface area contributed by atoms with Gasteiger partial charge in [0.1, 0.15) is 0 Å². The Morgan fingerprint density at radius 3 is 2.91 bits per heavy atom. The lowest BCUT2D eigenvalue weighted by Crippen LogP contribution is -2.35. The van der Waals surface area contributed by atoms with Crippen molar-refractivity contribution in [2.75, 3.05) is 5.75 Å². The van der Waals surface area contributed by atoms with E-state index in [0.29, 0.717) is 11.8 Å². The third-order valence-electron chi connectivity index (χ3n) is 3.99. The fourth-order valence-electron chi connectivity index (χ4n) is 2.83. The fourth-order valence-corrected chi connectivity index (χ4v) is 4.45. The van der Waals surface area contributed by atoms with Crippen LogP contribution in [0.25, 0.3) is 10.8 Å². The maximum atomic E-state index is 12.0. The summed E-state index contributed by atoms with van der Waals surface area (Å²) in [4.78, 5) is 16.6. The normalized spacial score (nSPS) is 16.2. The summed E-state index contributed by atoms with van der Waals surface area (Å²) in [6.45, 7) is 0. The van der Waals surface area contributed by atoms with E-state index in [2.05, 4.69) is 10.3 Å². The average Bonchev–Trinajstić information content (AvgIpc) is 3.16. The van der Waals surface area contributed by atoms with Gasteiger partial charge in [0.05, 0.1) is 17.7 Å². The highest BCUT2D eigenvalue weighted by Gasteiger charge is 2.14. The molecular formula is C17H22N2O2S2. The van der Waals surface area contributed by atoms with E-state index in [0.717, 1.165) is 35.1 Å². The Balaban J connectivity index is 1.39. The first-order valence-electron chi connectivity index (χ1n) is 8.16. The molecule has 2 aromatic rings. The third-order valence-corrected chi connectivity index (χ3v) is 5.86. The Hall–Kier alpha value is -1.27. The molecule has 1 aliphatic carbocycles. The smallest absolute Gasteiger partial charge is 0.230 e. The molecule has 0 unspecified atom stereocenters. The molecule has 1 saturated carbocycles. The number of thiazole rings is 1. The van der Waals surface area contributed by atoms with Crippen LogP contribution in [0.15, 0.2) is 28.2 Å². The Morgan fingerprint density at radius 2 is 2.17 bits per heavy atom. The number of amides is 1. The molecule has 0 bridgehead atoms. The third kappa shape index (κ3) is 5.11. The lowest BCUT2D eigenvalue weighted by Gasteiger charge is -2.15. The van der Waals surface area contributed by atoms with Crippen LogP contribution in [-0.2, 0) is 10.5 Å². The van der Waals surface area contributed by atoms with Gasteiger partial charge in [0.15, 0.2) is 10.8 Å². The SMILES string of the molecule is O=C(CSCc1csc(-c2ccco2)n1)NC1CCCCCC1. The van der Waals surface area contributed by atoms with Crippen molar-refractivity contribution in [3.8, 4) is 10.8 Å². The summed E-state index contributed by atoms with van der Waals surface area (Å²) in [5.74, 6) is 2.22. The van der Waals surface area contributed by atoms with Crippen LogP contribution in [0.2, 0.25) is 0 Å². The zero-order valence-electron chi connectivity index (χ0n) is 13.1. The van der Waals surface area contributed by atoms with Gasteiger partial charge in [0.2, 0.25) is 5.91 Å². The van der Waals surface area contributed by atoms with E-state index in [1.165, 1.54) is 25.7 Å². The zero-order valence-corrected chi connectivity index (χ0v) is 14.8. The van der Waals surface area contributed by atoms with E-state index in [-0.39, 0.29) is 5.91 Å². The first-order chi connectivity index (χ1) is 11.3. The van der Waals surface area contributed by atoms with Crippen molar-refractivity contribution in [1.82, 2.24) is 10.3 Å². The van der Waals surface area contributed by atoms with Crippen molar-refractivity contribution in [3.05, 3.63) is 29.5 Å². The minimum Gasteiger partial charge on any atom is -0.462 e. The summed E-state index contributed by atoms with van der Waals surface area (Å²) in [5.41, 5.74) is 1.01. The van der Waals surface area contributed by atoms with Gasteiger partial charge >= 0.3 is 0 Å². The van der Waals surface area contributed by atoms with Gasteiger partial charge < -0.3 is 9.73 Å².